The Kier molecular flexibility index (Phi) is 4.35. The predicted molar refractivity (Wildman–Crippen MR) is 84.5 cm³/mol. The Morgan fingerprint density at radius 1 is 1.43 bits per heavy atom. The summed E-state index contributed by atoms with van der Waals surface area (Å²) < 4.78 is 5.51. The average molecular weight is 301 g/mol. The van der Waals surface area contributed by atoms with Crippen LogP contribution in [0.1, 0.15) is 32.6 Å². The van der Waals surface area contributed by atoms with Gasteiger partial charge >= 0.3 is 0 Å². The van der Waals surface area contributed by atoms with E-state index in [0.717, 1.165) is 34.8 Å². The second kappa shape index (κ2) is 6.40. The highest BCUT2D eigenvalue weighted by atomic mass is 32.2. The number of H-pyrrole nitrogens is 1. The lowest BCUT2D eigenvalue weighted by Crippen LogP contribution is -2.20. The van der Waals surface area contributed by atoms with Crippen LogP contribution in [0.15, 0.2) is 23.4 Å². The number of fused-ring (bicyclic) bond motifs is 1. The quantitative estimate of drug-likeness (QED) is 0.922. The third-order valence-corrected chi connectivity index (χ3v) is 5.16. The van der Waals surface area contributed by atoms with Crippen LogP contribution in [0.3, 0.4) is 0 Å². The lowest BCUT2D eigenvalue weighted by molar-refractivity contribution is 0.340. The van der Waals surface area contributed by atoms with Gasteiger partial charge in [0.1, 0.15) is 5.75 Å². The minimum Gasteiger partial charge on any atom is -0.494 e. The van der Waals surface area contributed by atoms with Gasteiger partial charge in [0.05, 0.1) is 29.6 Å². The van der Waals surface area contributed by atoms with Gasteiger partial charge in [-0.25, -0.2) is 4.98 Å². The monoisotopic (exact) mass is 301 g/mol. The second-order valence-electron chi connectivity index (χ2n) is 5.33. The van der Waals surface area contributed by atoms with Crippen molar-refractivity contribution in [2.24, 2.45) is 5.92 Å². The summed E-state index contributed by atoms with van der Waals surface area (Å²) in [5.74, 6) is 1.01. The van der Waals surface area contributed by atoms with E-state index in [9.17, 15) is 5.26 Å². The molecule has 1 N–H and O–H groups in total. The summed E-state index contributed by atoms with van der Waals surface area (Å²) in [5, 5.41) is 10.5. The molecule has 0 spiro atoms. The zero-order chi connectivity index (χ0) is 14.7. The molecule has 0 saturated heterocycles. The van der Waals surface area contributed by atoms with Crippen molar-refractivity contribution in [3.05, 3.63) is 18.2 Å². The Hall–Kier alpha value is -1.67. The molecule has 0 amide bonds. The number of nitriles is 1. The fraction of sp³-hybridized carbons (Fsp3) is 0.500. The molecule has 1 aromatic carbocycles. The molecule has 110 valence electrons. The van der Waals surface area contributed by atoms with Gasteiger partial charge in [-0.15, -0.1) is 0 Å². The molecule has 1 aliphatic carbocycles. The topological polar surface area (TPSA) is 61.7 Å². The van der Waals surface area contributed by atoms with Gasteiger partial charge in [-0.1, -0.05) is 24.6 Å². The number of aromatic nitrogens is 2. The molecule has 1 aliphatic rings. The standard InChI is InChI=1S/C16H19N3OS/c1-2-20-12-7-8-13-14(9-12)19-16(18-13)21-15-6-4-3-5-11(15)10-17/h7-9,11,15H,2-6H2,1H3,(H,18,19). The van der Waals surface area contributed by atoms with Crippen LogP contribution in [0.2, 0.25) is 0 Å². The number of nitrogens with one attached hydrogen (secondary N) is 1. The van der Waals surface area contributed by atoms with Crippen molar-refractivity contribution >= 4 is 22.8 Å². The first kappa shape index (κ1) is 14.3. The molecule has 1 saturated carbocycles. The maximum absolute atomic E-state index is 9.26. The van der Waals surface area contributed by atoms with E-state index in [-0.39, 0.29) is 5.92 Å². The molecule has 1 fully saturated rings. The van der Waals surface area contributed by atoms with Crippen molar-refractivity contribution in [2.75, 3.05) is 6.61 Å². The highest BCUT2D eigenvalue weighted by Crippen LogP contribution is 2.36. The van der Waals surface area contributed by atoms with Gasteiger partial charge in [0.2, 0.25) is 0 Å². The maximum Gasteiger partial charge on any atom is 0.166 e. The number of aromatic amines is 1. The molecular formula is C16H19N3OS. The highest BCUT2D eigenvalue weighted by molar-refractivity contribution is 7.99. The molecule has 0 radical (unpaired) electrons. The Bertz CT molecular complexity index is 661. The molecule has 1 aromatic heterocycles. The maximum atomic E-state index is 9.26. The van der Waals surface area contributed by atoms with Gasteiger partial charge in [0.25, 0.3) is 0 Å². The van der Waals surface area contributed by atoms with Gasteiger partial charge in [-0.2, -0.15) is 5.26 Å². The predicted octanol–water partition coefficient (Wildman–Crippen LogP) is 4.14. The van der Waals surface area contributed by atoms with Crippen molar-refractivity contribution in [2.45, 2.75) is 43.0 Å². The Labute approximate surface area is 128 Å². The number of hydrogen-bond donors (Lipinski definition) is 1. The van der Waals surface area contributed by atoms with E-state index < -0.39 is 0 Å². The minimum absolute atomic E-state index is 0.149. The second-order valence-corrected chi connectivity index (χ2v) is 6.56. The fourth-order valence-electron chi connectivity index (χ4n) is 2.81. The van der Waals surface area contributed by atoms with Gasteiger partial charge in [-0.3, -0.25) is 0 Å². The van der Waals surface area contributed by atoms with E-state index in [2.05, 4.69) is 16.0 Å². The third kappa shape index (κ3) is 3.16. The van der Waals surface area contributed by atoms with Crippen molar-refractivity contribution in [3.8, 4) is 11.8 Å². The lowest BCUT2D eigenvalue weighted by Gasteiger charge is -2.24. The van der Waals surface area contributed by atoms with Crippen LogP contribution in [0.4, 0.5) is 0 Å². The summed E-state index contributed by atoms with van der Waals surface area (Å²) >= 11 is 1.71. The van der Waals surface area contributed by atoms with Crippen LogP contribution in [0.25, 0.3) is 11.0 Å². The third-order valence-electron chi connectivity index (χ3n) is 3.87. The zero-order valence-corrected chi connectivity index (χ0v) is 12.9. The summed E-state index contributed by atoms with van der Waals surface area (Å²) in [6.07, 6.45) is 4.50. The summed E-state index contributed by atoms with van der Waals surface area (Å²) in [4.78, 5) is 7.97. The number of benzene rings is 1. The molecular weight excluding hydrogens is 282 g/mol. The van der Waals surface area contributed by atoms with Crippen molar-refractivity contribution in [3.63, 3.8) is 0 Å². The molecule has 3 rings (SSSR count). The number of ether oxygens (including phenoxy) is 1. The Balaban J connectivity index is 1.79. The molecule has 2 aromatic rings. The molecule has 2 unspecified atom stereocenters. The van der Waals surface area contributed by atoms with Crippen LogP contribution >= 0.6 is 11.8 Å². The number of nitrogens with zero attached hydrogens (tertiary/aromatic N) is 2. The first-order chi connectivity index (χ1) is 10.3. The van der Waals surface area contributed by atoms with E-state index >= 15 is 0 Å². The summed E-state index contributed by atoms with van der Waals surface area (Å²) in [5.41, 5.74) is 1.94. The van der Waals surface area contributed by atoms with Crippen LogP contribution in [0.5, 0.6) is 5.75 Å². The zero-order valence-electron chi connectivity index (χ0n) is 12.1. The largest absolute Gasteiger partial charge is 0.494 e. The molecule has 0 aliphatic heterocycles. The van der Waals surface area contributed by atoms with Crippen molar-refractivity contribution < 1.29 is 4.74 Å². The Morgan fingerprint density at radius 3 is 3.10 bits per heavy atom. The molecule has 1 heterocycles. The molecule has 0 bridgehead atoms. The van der Waals surface area contributed by atoms with E-state index in [4.69, 9.17) is 4.74 Å². The normalized spacial score (nSPS) is 22.1. The van der Waals surface area contributed by atoms with Gasteiger partial charge < -0.3 is 9.72 Å². The molecule has 21 heavy (non-hydrogen) atoms. The van der Waals surface area contributed by atoms with Crippen LogP contribution in [0, 0.1) is 17.2 Å². The van der Waals surface area contributed by atoms with E-state index in [1.807, 2.05) is 25.1 Å². The lowest BCUT2D eigenvalue weighted by atomic mass is 9.90. The van der Waals surface area contributed by atoms with E-state index in [0.29, 0.717) is 11.9 Å². The fourth-order valence-corrected chi connectivity index (χ4v) is 4.06. The number of thioether (sulfide) groups is 1. The first-order valence-electron chi connectivity index (χ1n) is 7.49. The summed E-state index contributed by atoms with van der Waals surface area (Å²) in [7, 11) is 0. The SMILES string of the molecule is CCOc1ccc2nc(SC3CCCCC3C#N)[nH]c2c1. The minimum atomic E-state index is 0.149. The first-order valence-corrected chi connectivity index (χ1v) is 8.37. The smallest absolute Gasteiger partial charge is 0.166 e. The van der Waals surface area contributed by atoms with Crippen LogP contribution in [-0.2, 0) is 0 Å². The summed E-state index contributed by atoms with van der Waals surface area (Å²) in [6.45, 7) is 2.64. The highest BCUT2D eigenvalue weighted by Gasteiger charge is 2.26. The summed E-state index contributed by atoms with van der Waals surface area (Å²) in [6, 6.07) is 8.36. The molecule has 5 heteroatoms. The van der Waals surface area contributed by atoms with Crippen LogP contribution in [-0.4, -0.2) is 21.8 Å². The van der Waals surface area contributed by atoms with Gasteiger partial charge in [0.15, 0.2) is 5.16 Å². The van der Waals surface area contributed by atoms with Crippen molar-refractivity contribution in [1.82, 2.24) is 9.97 Å². The van der Waals surface area contributed by atoms with Gasteiger partial charge in [0, 0.05) is 11.3 Å². The van der Waals surface area contributed by atoms with E-state index in [1.54, 1.807) is 11.8 Å². The van der Waals surface area contributed by atoms with E-state index in [1.165, 1.54) is 12.8 Å². The van der Waals surface area contributed by atoms with Gasteiger partial charge in [-0.05, 0) is 31.9 Å². The van der Waals surface area contributed by atoms with Crippen molar-refractivity contribution in [1.29, 1.82) is 5.26 Å². The Morgan fingerprint density at radius 2 is 2.29 bits per heavy atom. The number of imidazole rings is 1. The average Bonchev–Trinajstić information content (AvgIpc) is 2.89. The number of rotatable bonds is 4. The molecule has 2 atom stereocenters. The number of hydrogen-bond acceptors (Lipinski definition) is 4. The molecule has 4 nitrogen and oxygen atoms in total. The van der Waals surface area contributed by atoms with Crippen LogP contribution < -0.4 is 4.74 Å².